The molecule has 1 aromatic rings. The summed E-state index contributed by atoms with van der Waals surface area (Å²) < 4.78 is 5.45. The second-order valence-electron chi connectivity index (χ2n) is 3.04. The van der Waals surface area contributed by atoms with E-state index in [1.165, 1.54) is 10.5 Å². The molecule has 1 rings (SSSR count). The molecule has 0 aromatic heterocycles. The molecule has 0 aliphatic rings. The number of rotatable bonds is 6. The summed E-state index contributed by atoms with van der Waals surface area (Å²) in [6.07, 6.45) is 3.01. The average molecular weight is 211 g/mol. The molecule has 0 fully saturated rings. The normalized spacial score (nSPS) is 10.4. The van der Waals surface area contributed by atoms with Crippen LogP contribution < -0.4 is 5.73 Å². The molecule has 0 bridgehead atoms. The fourth-order valence-electron chi connectivity index (χ4n) is 1.10. The molecule has 0 aliphatic carbocycles. The highest BCUT2D eigenvalue weighted by atomic mass is 32.2. The van der Waals surface area contributed by atoms with Gasteiger partial charge in [0.25, 0.3) is 0 Å². The third-order valence-electron chi connectivity index (χ3n) is 1.92. The number of hydrogen-bond donors (Lipinski definition) is 1. The molecule has 0 heterocycles. The maximum absolute atomic E-state index is 5.45. The summed E-state index contributed by atoms with van der Waals surface area (Å²) >= 11 is 1.75. The number of ether oxygens (including phenoxy) is 1. The van der Waals surface area contributed by atoms with Crippen molar-refractivity contribution in [3.05, 3.63) is 29.8 Å². The van der Waals surface area contributed by atoms with Crippen LogP contribution in [0.2, 0.25) is 0 Å². The van der Waals surface area contributed by atoms with E-state index in [9.17, 15) is 0 Å². The molecule has 1 aromatic carbocycles. The molecule has 0 saturated carbocycles. The van der Waals surface area contributed by atoms with Crippen molar-refractivity contribution >= 4 is 11.8 Å². The minimum absolute atomic E-state index is 0.689. The lowest BCUT2D eigenvalue weighted by Gasteiger charge is -2.04. The first-order valence-corrected chi connectivity index (χ1v) is 6.00. The highest BCUT2D eigenvalue weighted by Gasteiger charge is 1.93. The van der Waals surface area contributed by atoms with Crippen LogP contribution in [0.15, 0.2) is 29.2 Å². The fraction of sp³-hybridized carbons (Fsp3) is 0.455. The van der Waals surface area contributed by atoms with Crippen LogP contribution in [0.1, 0.15) is 12.0 Å². The SMILES string of the molecule is CSc1ccc(COCCCN)cc1. The van der Waals surface area contributed by atoms with Gasteiger partial charge in [0.15, 0.2) is 0 Å². The largest absolute Gasteiger partial charge is 0.377 e. The number of hydrogen-bond acceptors (Lipinski definition) is 3. The topological polar surface area (TPSA) is 35.2 Å². The van der Waals surface area contributed by atoms with Gasteiger partial charge in [0.2, 0.25) is 0 Å². The summed E-state index contributed by atoms with van der Waals surface area (Å²) in [6.45, 7) is 2.14. The molecule has 0 saturated heterocycles. The lowest BCUT2D eigenvalue weighted by Crippen LogP contribution is -2.04. The maximum atomic E-state index is 5.45. The van der Waals surface area contributed by atoms with Gasteiger partial charge in [-0.15, -0.1) is 11.8 Å². The van der Waals surface area contributed by atoms with Gasteiger partial charge in [-0.3, -0.25) is 0 Å². The zero-order valence-electron chi connectivity index (χ0n) is 8.53. The molecule has 3 heteroatoms. The van der Waals surface area contributed by atoms with Crippen molar-refractivity contribution in [2.75, 3.05) is 19.4 Å². The highest BCUT2D eigenvalue weighted by molar-refractivity contribution is 7.98. The van der Waals surface area contributed by atoms with Gasteiger partial charge in [-0.1, -0.05) is 12.1 Å². The third-order valence-corrected chi connectivity index (χ3v) is 2.66. The fourth-order valence-corrected chi connectivity index (χ4v) is 1.51. The molecule has 14 heavy (non-hydrogen) atoms. The second-order valence-corrected chi connectivity index (χ2v) is 3.92. The van der Waals surface area contributed by atoms with Gasteiger partial charge in [0.05, 0.1) is 6.61 Å². The Labute approximate surface area is 89.8 Å². The van der Waals surface area contributed by atoms with Crippen molar-refractivity contribution in [2.24, 2.45) is 5.73 Å². The zero-order chi connectivity index (χ0) is 10.2. The van der Waals surface area contributed by atoms with E-state index < -0.39 is 0 Å². The van der Waals surface area contributed by atoms with Crippen molar-refractivity contribution in [3.63, 3.8) is 0 Å². The smallest absolute Gasteiger partial charge is 0.0716 e. The first-order valence-electron chi connectivity index (χ1n) is 4.77. The predicted octanol–water partition coefficient (Wildman–Crippen LogP) is 2.27. The van der Waals surface area contributed by atoms with E-state index in [-0.39, 0.29) is 0 Å². The molecular formula is C11H17NOS. The van der Waals surface area contributed by atoms with Crippen LogP contribution in [-0.4, -0.2) is 19.4 Å². The standard InChI is InChI=1S/C11H17NOS/c1-14-11-5-3-10(4-6-11)9-13-8-2-7-12/h3-6H,2,7-9,12H2,1H3. The van der Waals surface area contributed by atoms with Crippen LogP contribution in [0, 0.1) is 0 Å². The summed E-state index contributed by atoms with van der Waals surface area (Å²) in [5, 5.41) is 0. The molecule has 0 unspecified atom stereocenters. The third kappa shape index (κ3) is 4.13. The van der Waals surface area contributed by atoms with E-state index >= 15 is 0 Å². The second kappa shape index (κ2) is 6.87. The predicted molar refractivity (Wildman–Crippen MR) is 61.6 cm³/mol. The van der Waals surface area contributed by atoms with Crippen LogP contribution in [-0.2, 0) is 11.3 Å². The van der Waals surface area contributed by atoms with E-state index in [0.717, 1.165) is 13.0 Å². The molecular weight excluding hydrogens is 194 g/mol. The van der Waals surface area contributed by atoms with E-state index in [4.69, 9.17) is 10.5 Å². The van der Waals surface area contributed by atoms with Crippen LogP contribution in [0.25, 0.3) is 0 Å². The lowest BCUT2D eigenvalue weighted by molar-refractivity contribution is 0.120. The van der Waals surface area contributed by atoms with Crippen molar-refractivity contribution in [1.82, 2.24) is 0 Å². The van der Waals surface area contributed by atoms with Gasteiger partial charge < -0.3 is 10.5 Å². The van der Waals surface area contributed by atoms with Crippen molar-refractivity contribution in [2.45, 2.75) is 17.9 Å². The number of benzene rings is 1. The monoisotopic (exact) mass is 211 g/mol. The molecule has 0 radical (unpaired) electrons. The minimum Gasteiger partial charge on any atom is -0.377 e. The summed E-state index contributed by atoms with van der Waals surface area (Å²) in [4.78, 5) is 1.29. The molecule has 2 nitrogen and oxygen atoms in total. The van der Waals surface area contributed by atoms with Gasteiger partial charge in [-0.2, -0.15) is 0 Å². The molecule has 0 spiro atoms. The minimum atomic E-state index is 0.689. The van der Waals surface area contributed by atoms with Gasteiger partial charge in [-0.25, -0.2) is 0 Å². The summed E-state index contributed by atoms with van der Waals surface area (Å²) in [5.74, 6) is 0. The Hall–Kier alpha value is -0.510. The van der Waals surface area contributed by atoms with Crippen molar-refractivity contribution in [1.29, 1.82) is 0 Å². The number of thioether (sulfide) groups is 1. The van der Waals surface area contributed by atoms with Gasteiger partial charge in [0, 0.05) is 11.5 Å². The molecule has 0 aliphatic heterocycles. The van der Waals surface area contributed by atoms with Crippen LogP contribution in [0.4, 0.5) is 0 Å². The van der Waals surface area contributed by atoms with Gasteiger partial charge in [0.1, 0.15) is 0 Å². The van der Waals surface area contributed by atoms with E-state index in [1.807, 2.05) is 0 Å². The highest BCUT2D eigenvalue weighted by Crippen LogP contribution is 2.15. The quantitative estimate of drug-likeness (QED) is 0.579. The Morgan fingerprint density at radius 3 is 2.57 bits per heavy atom. The van der Waals surface area contributed by atoms with Crippen LogP contribution in [0.5, 0.6) is 0 Å². The van der Waals surface area contributed by atoms with E-state index in [2.05, 4.69) is 30.5 Å². The molecule has 0 atom stereocenters. The van der Waals surface area contributed by atoms with Crippen molar-refractivity contribution < 1.29 is 4.74 Å². The van der Waals surface area contributed by atoms with Crippen LogP contribution >= 0.6 is 11.8 Å². The van der Waals surface area contributed by atoms with Crippen LogP contribution in [0.3, 0.4) is 0 Å². The van der Waals surface area contributed by atoms with Gasteiger partial charge >= 0.3 is 0 Å². The summed E-state index contributed by atoms with van der Waals surface area (Å²) in [6, 6.07) is 8.45. The zero-order valence-corrected chi connectivity index (χ0v) is 9.35. The molecule has 0 amide bonds. The Morgan fingerprint density at radius 2 is 2.00 bits per heavy atom. The van der Waals surface area contributed by atoms with Crippen molar-refractivity contribution in [3.8, 4) is 0 Å². The Bertz CT molecular complexity index is 248. The van der Waals surface area contributed by atoms with Gasteiger partial charge in [-0.05, 0) is 36.9 Å². The molecule has 78 valence electrons. The Balaban J connectivity index is 2.29. The average Bonchev–Trinajstić information content (AvgIpc) is 2.25. The Morgan fingerprint density at radius 1 is 1.29 bits per heavy atom. The summed E-state index contributed by atoms with van der Waals surface area (Å²) in [5.41, 5.74) is 6.59. The maximum Gasteiger partial charge on any atom is 0.0716 e. The Kier molecular flexibility index (Phi) is 5.68. The molecule has 2 N–H and O–H groups in total. The lowest BCUT2D eigenvalue weighted by atomic mass is 10.2. The first-order chi connectivity index (χ1) is 6.86. The first kappa shape index (κ1) is 11.6. The summed E-state index contributed by atoms with van der Waals surface area (Å²) in [7, 11) is 0. The van der Waals surface area contributed by atoms with E-state index in [1.54, 1.807) is 11.8 Å². The number of nitrogens with two attached hydrogens (primary N) is 1. The van der Waals surface area contributed by atoms with E-state index in [0.29, 0.717) is 13.2 Å².